The molecule has 0 atom stereocenters. The number of ether oxygens (including phenoxy) is 2. The van der Waals surface area contributed by atoms with Crippen LogP contribution in [0.25, 0.3) is 0 Å². The zero-order chi connectivity index (χ0) is 21.9. The summed E-state index contributed by atoms with van der Waals surface area (Å²) < 4.78 is 10.3. The Kier molecular flexibility index (Phi) is 8.37. The second-order valence-electron chi connectivity index (χ2n) is 6.11. The van der Waals surface area contributed by atoms with E-state index in [9.17, 15) is 14.4 Å². The highest BCUT2D eigenvalue weighted by Gasteiger charge is 2.12. The Labute approximate surface area is 173 Å². The first kappa shape index (κ1) is 22.4. The molecule has 0 radical (unpaired) electrons. The number of carbonyl (C=O) groups excluding carboxylic acids is 2. The van der Waals surface area contributed by atoms with Gasteiger partial charge < -0.3 is 19.9 Å². The van der Waals surface area contributed by atoms with Gasteiger partial charge >= 0.3 is 5.97 Å². The van der Waals surface area contributed by atoms with Gasteiger partial charge in [-0.3, -0.25) is 14.4 Å². The number of carboxylic acids is 1. The molecule has 0 saturated heterocycles. The van der Waals surface area contributed by atoms with Crippen molar-refractivity contribution in [1.29, 1.82) is 0 Å². The first-order valence-electron chi connectivity index (χ1n) is 9.07. The van der Waals surface area contributed by atoms with Gasteiger partial charge in [-0.2, -0.15) is 5.10 Å². The van der Waals surface area contributed by atoms with Crippen LogP contribution in [-0.4, -0.2) is 49.4 Å². The number of methoxy groups -OCH3 is 2. The minimum Gasteiger partial charge on any atom is -0.493 e. The first-order chi connectivity index (χ1) is 14.4. The molecular weight excluding hydrogens is 390 g/mol. The molecule has 2 rings (SSSR count). The van der Waals surface area contributed by atoms with Crippen molar-refractivity contribution in [1.82, 2.24) is 10.7 Å². The average molecular weight is 413 g/mol. The fraction of sp³-hybridized carbons (Fsp3) is 0.238. The second-order valence-corrected chi connectivity index (χ2v) is 6.11. The van der Waals surface area contributed by atoms with Crippen LogP contribution in [0.2, 0.25) is 0 Å². The largest absolute Gasteiger partial charge is 0.493 e. The van der Waals surface area contributed by atoms with Crippen LogP contribution in [0.1, 0.15) is 28.8 Å². The number of benzene rings is 2. The van der Waals surface area contributed by atoms with E-state index in [-0.39, 0.29) is 19.4 Å². The van der Waals surface area contributed by atoms with Gasteiger partial charge in [0.25, 0.3) is 11.8 Å². The highest BCUT2D eigenvalue weighted by molar-refractivity contribution is 6.02. The Balaban J connectivity index is 1.98. The number of aliphatic carboxylic acids is 1. The molecule has 0 fully saturated rings. The van der Waals surface area contributed by atoms with Gasteiger partial charge in [-0.15, -0.1) is 0 Å². The number of nitrogens with one attached hydrogen (secondary N) is 2. The summed E-state index contributed by atoms with van der Waals surface area (Å²) in [7, 11) is 2.95. The van der Waals surface area contributed by atoms with Crippen molar-refractivity contribution in [2.45, 2.75) is 12.8 Å². The maximum atomic E-state index is 12.3. The summed E-state index contributed by atoms with van der Waals surface area (Å²) in [5.41, 5.74) is 3.78. The van der Waals surface area contributed by atoms with Gasteiger partial charge in [0.15, 0.2) is 11.5 Å². The van der Waals surface area contributed by atoms with Crippen molar-refractivity contribution in [3.05, 3.63) is 59.7 Å². The number of hydrogen-bond acceptors (Lipinski definition) is 6. The molecule has 3 N–H and O–H groups in total. The molecule has 9 nitrogen and oxygen atoms in total. The third kappa shape index (κ3) is 6.62. The summed E-state index contributed by atoms with van der Waals surface area (Å²) in [6.45, 7) is -0.308. The van der Waals surface area contributed by atoms with Gasteiger partial charge in [0.1, 0.15) is 0 Å². The molecule has 0 aliphatic heterocycles. The maximum absolute atomic E-state index is 12.3. The van der Waals surface area contributed by atoms with Crippen LogP contribution >= 0.6 is 0 Å². The van der Waals surface area contributed by atoms with Gasteiger partial charge in [-0.05, 0) is 23.8 Å². The topological polar surface area (TPSA) is 126 Å². The number of carbonyl (C=O) groups is 3. The van der Waals surface area contributed by atoms with Gasteiger partial charge in [0.2, 0.25) is 0 Å². The molecule has 2 amide bonds. The van der Waals surface area contributed by atoms with E-state index in [2.05, 4.69) is 15.8 Å². The van der Waals surface area contributed by atoms with Crippen LogP contribution in [0.15, 0.2) is 53.6 Å². The summed E-state index contributed by atoms with van der Waals surface area (Å²) in [4.78, 5) is 35.2. The lowest BCUT2D eigenvalue weighted by Gasteiger charge is -2.10. The average Bonchev–Trinajstić information content (AvgIpc) is 2.77. The third-order valence-electron chi connectivity index (χ3n) is 4.05. The van der Waals surface area contributed by atoms with E-state index in [1.54, 1.807) is 36.4 Å². The molecule has 0 heterocycles. The van der Waals surface area contributed by atoms with E-state index in [1.807, 2.05) is 6.07 Å². The number of carboxylic acid groups (broad SMARTS) is 1. The van der Waals surface area contributed by atoms with Crippen LogP contribution in [0, 0.1) is 0 Å². The quantitative estimate of drug-likeness (QED) is 0.403. The number of rotatable bonds is 10. The summed E-state index contributed by atoms with van der Waals surface area (Å²) in [6.07, 6.45) is 0.0251. The van der Waals surface area contributed by atoms with E-state index < -0.39 is 17.8 Å². The lowest BCUT2D eigenvalue weighted by molar-refractivity contribution is -0.136. The molecule has 0 bridgehead atoms. The van der Waals surface area contributed by atoms with Crippen molar-refractivity contribution in [3.63, 3.8) is 0 Å². The third-order valence-corrected chi connectivity index (χ3v) is 4.05. The van der Waals surface area contributed by atoms with Crippen LogP contribution < -0.4 is 20.2 Å². The molecule has 0 aromatic heterocycles. The number of hydrazone groups is 1. The van der Waals surface area contributed by atoms with Gasteiger partial charge in [-0.25, -0.2) is 5.43 Å². The normalized spacial score (nSPS) is 10.8. The fourth-order valence-electron chi connectivity index (χ4n) is 2.53. The van der Waals surface area contributed by atoms with Crippen molar-refractivity contribution < 1.29 is 29.0 Å². The van der Waals surface area contributed by atoms with Gasteiger partial charge in [0, 0.05) is 12.0 Å². The molecule has 2 aromatic carbocycles. The first-order valence-corrected chi connectivity index (χ1v) is 9.07. The molecule has 30 heavy (non-hydrogen) atoms. The van der Waals surface area contributed by atoms with Crippen LogP contribution in [0.5, 0.6) is 11.5 Å². The second kappa shape index (κ2) is 11.2. The lowest BCUT2D eigenvalue weighted by atomic mass is 10.1. The predicted molar refractivity (Wildman–Crippen MR) is 110 cm³/mol. The predicted octanol–water partition coefficient (Wildman–Crippen LogP) is 1.82. The molecule has 0 unspecified atom stereocenters. The van der Waals surface area contributed by atoms with Crippen molar-refractivity contribution in [2.24, 2.45) is 5.10 Å². The van der Waals surface area contributed by atoms with E-state index in [0.29, 0.717) is 28.3 Å². The maximum Gasteiger partial charge on any atom is 0.303 e. The number of amides is 2. The summed E-state index contributed by atoms with van der Waals surface area (Å²) in [5.74, 6) is -1.11. The highest BCUT2D eigenvalue weighted by Crippen LogP contribution is 2.27. The molecule has 0 aliphatic rings. The number of hydrogen-bond donors (Lipinski definition) is 3. The SMILES string of the molecule is COc1ccc(C(=O)NCC(=O)N/N=C(\CCC(=O)O)c2ccccc2)cc1OC. The van der Waals surface area contributed by atoms with Crippen molar-refractivity contribution in [3.8, 4) is 11.5 Å². The summed E-state index contributed by atoms with van der Waals surface area (Å²) in [6, 6.07) is 13.6. The number of nitrogens with zero attached hydrogens (tertiary/aromatic N) is 1. The van der Waals surface area contributed by atoms with E-state index >= 15 is 0 Å². The summed E-state index contributed by atoms with van der Waals surface area (Å²) >= 11 is 0. The van der Waals surface area contributed by atoms with Crippen molar-refractivity contribution >= 4 is 23.5 Å². The molecule has 0 spiro atoms. The molecule has 0 saturated carbocycles. The van der Waals surface area contributed by atoms with Gasteiger partial charge in [0.05, 0.1) is 32.9 Å². The molecule has 158 valence electrons. The Bertz CT molecular complexity index is 928. The smallest absolute Gasteiger partial charge is 0.303 e. The lowest BCUT2D eigenvalue weighted by Crippen LogP contribution is -2.35. The molecule has 9 heteroatoms. The van der Waals surface area contributed by atoms with E-state index in [0.717, 1.165) is 0 Å². The molecule has 0 aliphatic carbocycles. The van der Waals surface area contributed by atoms with Crippen LogP contribution in [0.4, 0.5) is 0 Å². The summed E-state index contributed by atoms with van der Waals surface area (Å²) in [5, 5.41) is 15.4. The highest BCUT2D eigenvalue weighted by atomic mass is 16.5. The molecular formula is C21H23N3O6. The molecule has 2 aromatic rings. The monoisotopic (exact) mass is 413 g/mol. The van der Waals surface area contributed by atoms with Gasteiger partial charge in [-0.1, -0.05) is 30.3 Å². The standard InChI is InChI=1S/C21H23N3O6/c1-29-17-10-8-15(12-18(17)30-2)21(28)22-13-19(25)24-23-16(9-11-20(26)27)14-6-4-3-5-7-14/h3-8,10,12H,9,11,13H2,1-2H3,(H,22,28)(H,24,25)(H,26,27)/b23-16+. The Hall–Kier alpha value is -3.88. The minimum atomic E-state index is -0.966. The van der Waals surface area contributed by atoms with E-state index in [4.69, 9.17) is 14.6 Å². The zero-order valence-electron chi connectivity index (χ0n) is 16.7. The Morgan fingerprint density at radius 1 is 0.933 bits per heavy atom. The van der Waals surface area contributed by atoms with Crippen LogP contribution in [-0.2, 0) is 9.59 Å². The zero-order valence-corrected chi connectivity index (χ0v) is 16.7. The Morgan fingerprint density at radius 3 is 2.27 bits per heavy atom. The minimum absolute atomic E-state index is 0.125. The fourth-order valence-corrected chi connectivity index (χ4v) is 2.53. The Morgan fingerprint density at radius 2 is 1.63 bits per heavy atom. The van der Waals surface area contributed by atoms with Crippen LogP contribution in [0.3, 0.4) is 0 Å². The van der Waals surface area contributed by atoms with Crippen molar-refractivity contribution in [2.75, 3.05) is 20.8 Å². The van der Waals surface area contributed by atoms with E-state index in [1.165, 1.54) is 20.3 Å².